The zero-order valence-electron chi connectivity index (χ0n) is 10.8. The molecule has 1 fully saturated rings. The first kappa shape index (κ1) is 12.7. The van der Waals surface area contributed by atoms with Gasteiger partial charge in [0.25, 0.3) is 0 Å². The normalized spacial score (nSPS) is 18.9. The number of nitrogens with zero attached hydrogens (tertiary/aromatic N) is 1. The van der Waals surface area contributed by atoms with Gasteiger partial charge in [0.15, 0.2) is 0 Å². The van der Waals surface area contributed by atoms with E-state index in [4.69, 9.17) is 10.5 Å². The Labute approximate surface area is 108 Å². The Hall–Kier alpha value is -1.71. The number of likely N-dealkylation sites (tertiary alicyclic amines) is 1. The van der Waals surface area contributed by atoms with Crippen LogP contribution >= 0.6 is 0 Å². The quantitative estimate of drug-likeness (QED) is 0.830. The van der Waals surface area contributed by atoms with Gasteiger partial charge in [0, 0.05) is 31.1 Å². The van der Waals surface area contributed by atoms with Gasteiger partial charge in [-0.05, 0) is 18.6 Å². The third-order valence-electron chi connectivity index (χ3n) is 3.12. The van der Waals surface area contributed by atoms with E-state index in [1.165, 1.54) is 0 Å². The van der Waals surface area contributed by atoms with E-state index in [2.05, 4.69) is 0 Å². The summed E-state index contributed by atoms with van der Waals surface area (Å²) in [5.74, 6) is 1.01. The number of anilines is 1. The second-order valence-electron chi connectivity index (χ2n) is 4.69. The van der Waals surface area contributed by atoms with E-state index in [1.54, 1.807) is 0 Å². The lowest BCUT2D eigenvalue weighted by atomic mass is 10.3. The van der Waals surface area contributed by atoms with Gasteiger partial charge in [0.05, 0.1) is 6.54 Å². The molecule has 1 aliphatic rings. The molecule has 0 radical (unpaired) electrons. The van der Waals surface area contributed by atoms with Gasteiger partial charge in [-0.25, -0.2) is 0 Å². The molecule has 1 amide bonds. The third-order valence-corrected chi connectivity index (χ3v) is 3.12. The molecular weight excluding hydrogens is 228 g/mol. The summed E-state index contributed by atoms with van der Waals surface area (Å²) in [6.07, 6.45) is 2.51. The fraction of sp³-hybridized carbons (Fsp3) is 0.500. The molecular formula is C14H20N2O2. The van der Waals surface area contributed by atoms with E-state index < -0.39 is 0 Å². The van der Waals surface area contributed by atoms with Crippen molar-refractivity contribution in [2.24, 2.45) is 0 Å². The molecule has 1 heterocycles. The van der Waals surface area contributed by atoms with E-state index in [-0.39, 0.29) is 12.0 Å². The minimum atomic E-state index is 0.0904. The van der Waals surface area contributed by atoms with Gasteiger partial charge in [-0.3, -0.25) is 4.79 Å². The van der Waals surface area contributed by atoms with E-state index in [1.807, 2.05) is 36.1 Å². The molecule has 1 aromatic carbocycles. The lowest BCUT2D eigenvalue weighted by Gasteiger charge is -2.17. The first-order valence-corrected chi connectivity index (χ1v) is 6.49. The maximum absolute atomic E-state index is 11.7. The van der Waals surface area contributed by atoms with Gasteiger partial charge in [0.1, 0.15) is 11.9 Å². The molecule has 0 saturated carbocycles. The van der Waals surface area contributed by atoms with Crippen LogP contribution in [0.4, 0.5) is 5.69 Å². The van der Waals surface area contributed by atoms with Crippen LogP contribution in [0.15, 0.2) is 24.3 Å². The molecule has 0 aromatic heterocycles. The van der Waals surface area contributed by atoms with Gasteiger partial charge < -0.3 is 15.4 Å². The second-order valence-corrected chi connectivity index (χ2v) is 4.69. The van der Waals surface area contributed by atoms with E-state index >= 15 is 0 Å². The zero-order chi connectivity index (χ0) is 13.0. The maximum atomic E-state index is 11.7. The molecule has 0 aliphatic carbocycles. The van der Waals surface area contributed by atoms with Crippen molar-refractivity contribution in [3.63, 3.8) is 0 Å². The van der Waals surface area contributed by atoms with Crippen molar-refractivity contribution >= 4 is 11.6 Å². The highest BCUT2D eigenvalue weighted by molar-refractivity contribution is 5.76. The third kappa shape index (κ3) is 3.15. The molecule has 4 nitrogen and oxygen atoms in total. The average Bonchev–Trinajstić information content (AvgIpc) is 2.78. The number of carbonyl (C=O) groups is 1. The standard InChI is InChI=1S/C14H20N2O2/c1-2-4-14(17)16-8-7-13(10-16)18-12-6-3-5-11(15)9-12/h3,5-6,9,13H,2,4,7-8,10,15H2,1H3. The second kappa shape index (κ2) is 5.76. The van der Waals surface area contributed by atoms with Crippen molar-refractivity contribution in [2.45, 2.75) is 32.3 Å². The summed E-state index contributed by atoms with van der Waals surface area (Å²) in [4.78, 5) is 13.6. The summed E-state index contributed by atoms with van der Waals surface area (Å²) in [6, 6.07) is 7.42. The van der Waals surface area contributed by atoms with Crippen LogP contribution in [0, 0.1) is 0 Å². The number of amides is 1. The van der Waals surface area contributed by atoms with E-state index in [0.717, 1.165) is 25.1 Å². The Morgan fingerprint density at radius 1 is 1.56 bits per heavy atom. The summed E-state index contributed by atoms with van der Waals surface area (Å²) >= 11 is 0. The molecule has 1 atom stereocenters. The largest absolute Gasteiger partial charge is 0.488 e. The van der Waals surface area contributed by atoms with Crippen LogP contribution in [0.25, 0.3) is 0 Å². The topological polar surface area (TPSA) is 55.6 Å². The average molecular weight is 248 g/mol. The van der Waals surface area contributed by atoms with Crippen LogP contribution in [0.3, 0.4) is 0 Å². The van der Waals surface area contributed by atoms with Gasteiger partial charge >= 0.3 is 0 Å². The minimum Gasteiger partial charge on any atom is -0.488 e. The minimum absolute atomic E-state index is 0.0904. The van der Waals surface area contributed by atoms with Gasteiger partial charge in [0.2, 0.25) is 5.91 Å². The van der Waals surface area contributed by atoms with Crippen molar-refractivity contribution in [1.82, 2.24) is 4.90 Å². The maximum Gasteiger partial charge on any atom is 0.222 e. The number of benzene rings is 1. The Bertz CT molecular complexity index is 420. The highest BCUT2D eigenvalue weighted by Crippen LogP contribution is 2.20. The molecule has 1 aliphatic heterocycles. The van der Waals surface area contributed by atoms with Crippen LogP contribution in [0.5, 0.6) is 5.75 Å². The number of hydrogen-bond donors (Lipinski definition) is 1. The van der Waals surface area contributed by atoms with Gasteiger partial charge in [-0.1, -0.05) is 13.0 Å². The summed E-state index contributed by atoms with van der Waals surface area (Å²) in [6.45, 7) is 3.51. The van der Waals surface area contributed by atoms with Crippen molar-refractivity contribution < 1.29 is 9.53 Å². The Morgan fingerprint density at radius 2 is 2.39 bits per heavy atom. The Kier molecular flexibility index (Phi) is 4.07. The van der Waals surface area contributed by atoms with Gasteiger partial charge in [-0.2, -0.15) is 0 Å². The molecule has 98 valence electrons. The summed E-state index contributed by atoms with van der Waals surface area (Å²) < 4.78 is 5.84. The Morgan fingerprint density at radius 3 is 3.11 bits per heavy atom. The summed E-state index contributed by atoms with van der Waals surface area (Å²) in [5, 5.41) is 0. The number of ether oxygens (including phenoxy) is 1. The predicted molar refractivity (Wildman–Crippen MR) is 71.4 cm³/mol. The number of carbonyl (C=O) groups excluding carboxylic acids is 1. The zero-order valence-corrected chi connectivity index (χ0v) is 10.8. The van der Waals surface area contributed by atoms with Crippen LogP contribution in [-0.4, -0.2) is 30.0 Å². The fourth-order valence-electron chi connectivity index (χ4n) is 2.20. The number of nitrogens with two attached hydrogens (primary N) is 1. The molecule has 1 aromatic rings. The smallest absolute Gasteiger partial charge is 0.222 e. The first-order chi connectivity index (χ1) is 8.69. The molecule has 0 bridgehead atoms. The van der Waals surface area contributed by atoms with Crippen LogP contribution in [0.2, 0.25) is 0 Å². The monoisotopic (exact) mass is 248 g/mol. The van der Waals surface area contributed by atoms with Crippen molar-refractivity contribution in [2.75, 3.05) is 18.8 Å². The number of rotatable bonds is 4. The fourth-order valence-corrected chi connectivity index (χ4v) is 2.20. The molecule has 1 saturated heterocycles. The van der Waals surface area contributed by atoms with Crippen LogP contribution in [-0.2, 0) is 4.79 Å². The molecule has 4 heteroatoms. The molecule has 0 spiro atoms. The first-order valence-electron chi connectivity index (χ1n) is 6.49. The molecule has 1 unspecified atom stereocenters. The SMILES string of the molecule is CCCC(=O)N1CCC(Oc2cccc(N)c2)C1. The van der Waals surface area contributed by atoms with Crippen LogP contribution < -0.4 is 10.5 Å². The van der Waals surface area contributed by atoms with Crippen LogP contribution in [0.1, 0.15) is 26.2 Å². The van der Waals surface area contributed by atoms with E-state index in [9.17, 15) is 4.79 Å². The highest BCUT2D eigenvalue weighted by Gasteiger charge is 2.26. The molecule has 18 heavy (non-hydrogen) atoms. The van der Waals surface area contributed by atoms with Crippen molar-refractivity contribution in [3.8, 4) is 5.75 Å². The number of hydrogen-bond acceptors (Lipinski definition) is 3. The van der Waals surface area contributed by atoms with Crippen molar-refractivity contribution in [3.05, 3.63) is 24.3 Å². The van der Waals surface area contributed by atoms with E-state index in [0.29, 0.717) is 18.7 Å². The molecule has 2 N–H and O–H groups in total. The van der Waals surface area contributed by atoms with Crippen molar-refractivity contribution in [1.29, 1.82) is 0 Å². The summed E-state index contributed by atoms with van der Waals surface area (Å²) in [7, 11) is 0. The Balaban J connectivity index is 1.88. The van der Waals surface area contributed by atoms with Gasteiger partial charge in [-0.15, -0.1) is 0 Å². The highest BCUT2D eigenvalue weighted by atomic mass is 16.5. The lowest BCUT2D eigenvalue weighted by molar-refractivity contribution is -0.130. The predicted octanol–water partition coefficient (Wildman–Crippen LogP) is 2.05. The number of nitrogen functional groups attached to an aromatic ring is 1. The molecule has 2 rings (SSSR count). The lowest BCUT2D eigenvalue weighted by Crippen LogP contribution is -2.30. The summed E-state index contributed by atoms with van der Waals surface area (Å²) in [5.41, 5.74) is 6.40.